The van der Waals surface area contributed by atoms with Crippen molar-refractivity contribution in [2.75, 3.05) is 39.3 Å². The van der Waals surface area contributed by atoms with E-state index in [2.05, 4.69) is 16.7 Å². The fraction of sp³-hybridized carbons (Fsp3) is 0.957. The molecule has 1 aliphatic carbocycles. The molecule has 3 fully saturated rings. The van der Waals surface area contributed by atoms with Crippen LogP contribution in [0.5, 0.6) is 0 Å². The van der Waals surface area contributed by atoms with Gasteiger partial charge in [-0.15, -0.1) is 0 Å². The summed E-state index contributed by atoms with van der Waals surface area (Å²) in [5, 5.41) is 0. The van der Waals surface area contributed by atoms with E-state index in [0.29, 0.717) is 11.7 Å². The zero-order valence-corrected chi connectivity index (χ0v) is 18.0. The number of hydrogen-bond donors (Lipinski definition) is 0. The lowest BCUT2D eigenvalue weighted by Crippen LogP contribution is -2.42. The summed E-state index contributed by atoms with van der Waals surface area (Å²) in [7, 11) is 0. The number of carbonyl (C=O) groups excluding carboxylic acids is 1. The topological polar surface area (TPSA) is 23.6 Å². The Balaban J connectivity index is 0.00000117. The standard InChI is InChI=1S/C21H38N2O.C2H6/c1-17-7-11-22(12-8-17)16-20-9-13-23(14-10-20)15-19-3-5-21(6-4-19)18(2)24;1-2/h17,19-21H,3-16H2,1-2H3;1-2H3. The summed E-state index contributed by atoms with van der Waals surface area (Å²) < 4.78 is 0. The number of ketones is 1. The first-order valence-corrected chi connectivity index (χ1v) is 11.5. The third-order valence-corrected chi connectivity index (χ3v) is 7.04. The van der Waals surface area contributed by atoms with Crippen molar-refractivity contribution in [2.24, 2.45) is 23.7 Å². The maximum Gasteiger partial charge on any atom is 0.132 e. The number of rotatable bonds is 5. The first-order chi connectivity index (χ1) is 12.6. The largest absolute Gasteiger partial charge is 0.303 e. The van der Waals surface area contributed by atoms with Crippen molar-refractivity contribution in [1.82, 2.24) is 9.80 Å². The van der Waals surface area contributed by atoms with Gasteiger partial charge in [0.2, 0.25) is 0 Å². The van der Waals surface area contributed by atoms with Crippen LogP contribution in [0.4, 0.5) is 0 Å². The average molecular weight is 365 g/mol. The average Bonchev–Trinajstić information content (AvgIpc) is 2.67. The van der Waals surface area contributed by atoms with Gasteiger partial charge in [-0.1, -0.05) is 20.8 Å². The molecule has 1 saturated carbocycles. The lowest BCUT2D eigenvalue weighted by atomic mass is 9.80. The van der Waals surface area contributed by atoms with Crippen molar-refractivity contribution < 1.29 is 4.79 Å². The predicted octanol–water partition coefficient (Wildman–Crippen LogP) is 4.85. The van der Waals surface area contributed by atoms with Gasteiger partial charge in [0.1, 0.15) is 5.78 Å². The lowest BCUT2D eigenvalue weighted by molar-refractivity contribution is -0.121. The Morgan fingerprint density at radius 2 is 1.15 bits per heavy atom. The molecule has 152 valence electrons. The van der Waals surface area contributed by atoms with E-state index in [-0.39, 0.29) is 0 Å². The van der Waals surface area contributed by atoms with Crippen LogP contribution in [-0.4, -0.2) is 54.9 Å². The van der Waals surface area contributed by atoms with Crippen LogP contribution in [0.2, 0.25) is 0 Å². The van der Waals surface area contributed by atoms with E-state index in [1.54, 1.807) is 6.92 Å². The van der Waals surface area contributed by atoms with Crippen LogP contribution in [0.15, 0.2) is 0 Å². The van der Waals surface area contributed by atoms with Crippen molar-refractivity contribution in [3.05, 3.63) is 0 Å². The molecule has 2 saturated heterocycles. The highest BCUT2D eigenvalue weighted by atomic mass is 16.1. The molecule has 0 unspecified atom stereocenters. The molecule has 0 aromatic carbocycles. The highest BCUT2D eigenvalue weighted by Crippen LogP contribution is 2.31. The first kappa shape index (κ1) is 21.9. The first-order valence-electron chi connectivity index (χ1n) is 11.5. The number of Topliss-reactive ketones (excluding diaryl/α,β-unsaturated/α-hetero) is 1. The van der Waals surface area contributed by atoms with Crippen LogP contribution < -0.4 is 0 Å². The van der Waals surface area contributed by atoms with Gasteiger partial charge >= 0.3 is 0 Å². The lowest BCUT2D eigenvalue weighted by Gasteiger charge is -2.39. The molecule has 0 radical (unpaired) electrons. The molecule has 0 amide bonds. The Kier molecular flexibility index (Phi) is 9.63. The van der Waals surface area contributed by atoms with Crippen molar-refractivity contribution >= 4 is 5.78 Å². The molecule has 3 rings (SSSR count). The normalized spacial score (nSPS) is 29.8. The fourth-order valence-electron chi connectivity index (χ4n) is 5.08. The summed E-state index contributed by atoms with van der Waals surface area (Å²) in [4.78, 5) is 16.9. The van der Waals surface area contributed by atoms with E-state index >= 15 is 0 Å². The second kappa shape index (κ2) is 11.4. The summed E-state index contributed by atoms with van der Waals surface area (Å²) in [6, 6.07) is 0. The van der Waals surface area contributed by atoms with E-state index in [1.165, 1.54) is 77.8 Å². The molecule has 0 atom stereocenters. The highest BCUT2D eigenvalue weighted by Gasteiger charge is 2.28. The minimum Gasteiger partial charge on any atom is -0.303 e. The molecule has 0 N–H and O–H groups in total. The predicted molar refractivity (Wildman–Crippen MR) is 111 cm³/mol. The molecule has 2 aliphatic heterocycles. The summed E-state index contributed by atoms with van der Waals surface area (Å²) in [5.74, 6) is 3.52. The third kappa shape index (κ3) is 6.96. The van der Waals surface area contributed by atoms with Crippen LogP contribution >= 0.6 is 0 Å². The van der Waals surface area contributed by atoms with Crippen LogP contribution in [0, 0.1) is 23.7 Å². The van der Waals surface area contributed by atoms with Crippen molar-refractivity contribution in [3.63, 3.8) is 0 Å². The van der Waals surface area contributed by atoms with Gasteiger partial charge in [-0.2, -0.15) is 0 Å². The molecular weight excluding hydrogens is 320 g/mol. The number of nitrogens with zero attached hydrogens (tertiary/aromatic N) is 2. The van der Waals surface area contributed by atoms with E-state index in [0.717, 1.165) is 30.6 Å². The van der Waals surface area contributed by atoms with Gasteiger partial charge in [0.25, 0.3) is 0 Å². The summed E-state index contributed by atoms with van der Waals surface area (Å²) in [6.45, 7) is 16.1. The minimum absolute atomic E-state index is 0.374. The molecule has 0 aromatic heterocycles. The van der Waals surface area contributed by atoms with Crippen molar-refractivity contribution in [3.8, 4) is 0 Å². The molecule has 3 aliphatic rings. The van der Waals surface area contributed by atoms with Gasteiger partial charge in [0, 0.05) is 19.0 Å². The molecule has 2 heterocycles. The quantitative estimate of drug-likeness (QED) is 0.696. The smallest absolute Gasteiger partial charge is 0.132 e. The Morgan fingerprint density at radius 3 is 1.62 bits per heavy atom. The number of carbonyl (C=O) groups is 1. The van der Waals surface area contributed by atoms with Crippen LogP contribution in [0.25, 0.3) is 0 Å². The number of likely N-dealkylation sites (tertiary alicyclic amines) is 2. The maximum atomic E-state index is 11.5. The Hall–Kier alpha value is -0.410. The van der Waals surface area contributed by atoms with E-state index in [1.807, 2.05) is 13.8 Å². The van der Waals surface area contributed by atoms with Crippen LogP contribution in [0.1, 0.15) is 79.1 Å². The Morgan fingerprint density at radius 1 is 0.731 bits per heavy atom. The molecular formula is C23H44N2O. The molecule has 0 spiro atoms. The van der Waals surface area contributed by atoms with E-state index in [9.17, 15) is 4.79 Å². The molecule has 26 heavy (non-hydrogen) atoms. The SMILES string of the molecule is CC.CC(=O)C1CCC(CN2CCC(CN3CCC(C)CC3)CC2)CC1. The Bertz CT molecular complexity index is 387. The summed E-state index contributed by atoms with van der Waals surface area (Å²) in [6.07, 6.45) is 10.4. The second-order valence-corrected chi connectivity index (χ2v) is 9.06. The molecule has 0 aromatic rings. The Labute approximate surface area is 162 Å². The number of piperidine rings is 2. The monoisotopic (exact) mass is 364 g/mol. The van der Waals surface area contributed by atoms with E-state index < -0.39 is 0 Å². The molecule has 0 bridgehead atoms. The van der Waals surface area contributed by atoms with Crippen molar-refractivity contribution in [1.29, 1.82) is 0 Å². The van der Waals surface area contributed by atoms with Crippen LogP contribution in [0.3, 0.4) is 0 Å². The maximum absolute atomic E-state index is 11.5. The zero-order chi connectivity index (χ0) is 18.9. The van der Waals surface area contributed by atoms with Gasteiger partial charge in [-0.25, -0.2) is 0 Å². The van der Waals surface area contributed by atoms with Gasteiger partial charge < -0.3 is 9.80 Å². The highest BCUT2D eigenvalue weighted by molar-refractivity contribution is 5.78. The summed E-state index contributed by atoms with van der Waals surface area (Å²) >= 11 is 0. The zero-order valence-electron chi connectivity index (χ0n) is 18.0. The van der Waals surface area contributed by atoms with Gasteiger partial charge in [-0.05, 0) is 102 Å². The van der Waals surface area contributed by atoms with E-state index in [4.69, 9.17) is 0 Å². The van der Waals surface area contributed by atoms with Gasteiger partial charge in [-0.3, -0.25) is 4.79 Å². The fourth-order valence-corrected chi connectivity index (χ4v) is 5.08. The minimum atomic E-state index is 0.374. The summed E-state index contributed by atoms with van der Waals surface area (Å²) in [5.41, 5.74) is 0. The molecule has 3 nitrogen and oxygen atoms in total. The van der Waals surface area contributed by atoms with Crippen molar-refractivity contribution in [2.45, 2.75) is 79.1 Å². The van der Waals surface area contributed by atoms with Crippen LogP contribution in [-0.2, 0) is 4.79 Å². The number of hydrogen-bond acceptors (Lipinski definition) is 3. The third-order valence-electron chi connectivity index (χ3n) is 7.04. The van der Waals surface area contributed by atoms with Gasteiger partial charge in [0.15, 0.2) is 0 Å². The van der Waals surface area contributed by atoms with Gasteiger partial charge in [0.05, 0.1) is 0 Å². The molecule has 3 heteroatoms. The second-order valence-electron chi connectivity index (χ2n) is 9.06.